The summed E-state index contributed by atoms with van der Waals surface area (Å²) in [6.45, 7) is 0. The minimum Gasteiger partial charge on any atom is -0.465 e. The van der Waals surface area contributed by atoms with Crippen LogP contribution in [0.15, 0.2) is 42.5 Å². The van der Waals surface area contributed by atoms with Crippen molar-refractivity contribution < 1.29 is 19.1 Å². The van der Waals surface area contributed by atoms with Crippen LogP contribution in [0.1, 0.15) is 31.1 Å². The van der Waals surface area contributed by atoms with Crippen LogP contribution in [-0.2, 0) is 4.74 Å². The first-order chi connectivity index (χ1) is 10.5. The molecule has 0 bridgehead atoms. The number of hydrogen-bond donors (Lipinski definition) is 1. The Balaban J connectivity index is 2.05. The minimum atomic E-state index is -0.561. The maximum Gasteiger partial charge on any atom is 0.337 e. The maximum atomic E-state index is 12.5. The van der Waals surface area contributed by atoms with Crippen LogP contribution >= 0.6 is 0 Å². The van der Waals surface area contributed by atoms with Gasteiger partial charge < -0.3 is 10.5 Å². The smallest absolute Gasteiger partial charge is 0.337 e. The zero-order chi connectivity index (χ0) is 15.9. The van der Waals surface area contributed by atoms with Crippen molar-refractivity contribution in [1.82, 2.24) is 0 Å². The van der Waals surface area contributed by atoms with Crippen molar-refractivity contribution in [3.63, 3.8) is 0 Å². The van der Waals surface area contributed by atoms with E-state index in [1.54, 1.807) is 24.3 Å². The number of anilines is 2. The Morgan fingerprint density at radius 2 is 1.64 bits per heavy atom. The number of carbonyl (C=O) groups excluding carboxylic acids is 3. The van der Waals surface area contributed by atoms with Crippen LogP contribution in [0.4, 0.5) is 11.4 Å². The summed E-state index contributed by atoms with van der Waals surface area (Å²) in [6, 6.07) is 10.7. The van der Waals surface area contributed by atoms with Gasteiger partial charge in [0, 0.05) is 5.69 Å². The molecule has 1 aliphatic rings. The standard InChI is InChI=1S/C16H12N2O4/c1-22-16(21)9-2-7-12-13(8-9)15(20)18(14(12)19)11-5-3-10(17)4-6-11/h2-8H,17H2,1H3. The van der Waals surface area contributed by atoms with Crippen LogP contribution in [-0.4, -0.2) is 24.9 Å². The van der Waals surface area contributed by atoms with Crippen molar-refractivity contribution in [2.75, 3.05) is 17.7 Å². The number of hydrogen-bond acceptors (Lipinski definition) is 5. The molecule has 0 saturated carbocycles. The second-order valence-electron chi connectivity index (χ2n) is 4.79. The summed E-state index contributed by atoms with van der Waals surface area (Å²) in [7, 11) is 1.25. The van der Waals surface area contributed by atoms with Crippen molar-refractivity contribution in [2.45, 2.75) is 0 Å². The molecule has 110 valence electrons. The van der Waals surface area contributed by atoms with Crippen LogP contribution in [0.5, 0.6) is 0 Å². The summed E-state index contributed by atoms with van der Waals surface area (Å²) in [5.41, 5.74) is 7.24. The summed E-state index contributed by atoms with van der Waals surface area (Å²) in [6.07, 6.45) is 0. The molecular weight excluding hydrogens is 284 g/mol. The molecular formula is C16H12N2O4. The fraction of sp³-hybridized carbons (Fsp3) is 0.0625. The molecule has 0 saturated heterocycles. The number of amides is 2. The van der Waals surface area contributed by atoms with Crippen molar-refractivity contribution >= 4 is 29.2 Å². The van der Waals surface area contributed by atoms with Crippen molar-refractivity contribution in [3.8, 4) is 0 Å². The van der Waals surface area contributed by atoms with E-state index in [1.165, 1.54) is 25.3 Å². The molecule has 1 heterocycles. The Labute approximate surface area is 126 Å². The fourth-order valence-electron chi connectivity index (χ4n) is 2.34. The van der Waals surface area contributed by atoms with Crippen LogP contribution < -0.4 is 10.6 Å². The van der Waals surface area contributed by atoms with Gasteiger partial charge in [-0.25, -0.2) is 9.69 Å². The highest BCUT2D eigenvalue weighted by Gasteiger charge is 2.37. The summed E-state index contributed by atoms with van der Waals surface area (Å²) in [4.78, 5) is 37.5. The molecule has 3 rings (SSSR count). The molecule has 2 aromatic rings. The Morgan fingerprint density at radius 1 is 1.00 bits per heavy atom. The third kappa shape index (κ3) is 2.01. The molecule has 2 N–H and O–H groups in total. The monoisotopic (exact) mass is 296 g/mol. The molecule has 0 aromatic heterocycles. The van der Waals surface area contributed by atoms with Gasteiger partial charge in [-0.15, -0.1) is 0 Å². The molecule has 0 aliphatic carbocycles. The lowest BCUT2D eigenvalue weighted by molar-refractivity contribution is 0.0600. The second kappa shape index (κ2) is 5.00. The van der Waals surface area contributed by atoms with Crippen molar-refractivity contribution in [3.05, 3.63) is 59.2 Å². The molecule has 6 heteroatoms. The van der Waals surface area contributed by atoms with Gasteiger partial charge in [-0.3, -0.25) is 9.59 Å². The van der Waals surface area contributed by atoms with E-state index in [2.05, 4.69) is 4.74 Å². The van der Waals surface area contributed by atoms with Gasteiger partial charge in [0.15, 0.2) is 0 Å². The van der Waals surface area contributed by atoms with Crippen LogP contribution in [0, 0.1) is 0 Å². The van der Waals surface area contributed by atoms with Crippen molar-refractivity contribution in [1.29, 1.82) is 0 Å². The summed E-state index contributed by atoms with van der Waals surface area (Å²) in [5, 5.41) is 0. The van der Waals surface area contributed by atoms with Crippen molar-refractivity contribution in [2.24, 2.45) is 0 Å². The van der Waals surface area contributed by atoms with Gasteiger partial charge in [-0.1, -0.05) is 0 Å². The Kier molecular flexibility index (Phi) is 3.14. The van der Waals surface area contributed by atoms with E-state index in [9.17, 15) is 14.4 Å². The number of fused-ring (bicyclic) bond motifs is 1. The third-order valence-corrected chi connectivity index (χ3v) is 3.46. The molecule has 2 aromatic carbocycles. The highest BCUT2D eigenvalue weighted by Crippen LogP contribution is 2.29. The molecule has 1 aliphatic heterocycles. The van der Waals surface area contributed by atoms with Crippen LogP contribution in [0.3, 0.4) is 0 Å². The van der Waals surface area contributed by atoms with Gasteiger partial charge in [0.2, 0.25) is 0 Å². The van der Waals surface area contributed by atoms with E-state index < -0.39 is 17.8 Å². The van der Waals surface area contributed by atoms with Gasteiger partial charge in [-0.2, -0.15) is 0 Å². The van der Waals surface area contributed by atoms with Gasteiger partial charge in [-0.05, 0) is 42.5 Å². The third-order valence-electron chi connectivity index (χ3n) is 3.46. The Hall–Kier alpha value is -3.15. The second-order valence-corrected chi connectivity index (χ2v) is 4.79. The molecule has 0 radical (unpaired) electrons. The molecule has 0 spiro atoms. The normalized spacial score (nSPS) is 13.2. The number of ether oxygens (including phenoxy) is 1. The highest BCUT2D eigenvalue weighted by molar-refractivity contribution is 6.34. The average Bonchev–Trinajstić information content (AvgIpc) is 2.79. The minimum absolute atomic E-state index is 0.185. The summed E-state index contributed by atoms with van der Waals surface area (Å²) >= 11 is 0. The molecule has 6 nitrogen and oxygen atoms in total. The van der Waals surface area contributed by atoms with Gasteiger partial charge in [0.05, 0.1) is 29.5 Å². The lowest BCUT2D eigenvalue weighted by Gasteiger charge is -2.13. The van der Waals surface area contributed by atoms with Crippen LogP contribution in [0.2, 0.25) is 0 Å². The number of nitrogens with zero attached hydrogens (tertiary/aromatic N) is 1. The molecule has 0 atom stereocenters. The van der Waals surface area contributed by atoms with E-state index in [-0.39, 0.29) is 16.7 Å². The number of benzene rings is 2. The lowest BCUT2D eigenvalue weighted by Crippen LogP contribution is -2.29. The zero-order valence-electron chi connectivity index (χ0n) is 11.7. The quantitative estimate of drug-likeness (QED) is 0.519. The molecule has 0 unspecified atom stereocenters. The van der Waals surface area contributed by atoms with E-state index in [1.807, 2.05) is 0 Å². The number of nitrogens with two attached hydrogens (primary N) is 1. The summed E-state index contributed by atoms with van der Waals surface area (Å²) in [5.74, 6) is -1.47. The Morgan fingerprint density at radius 3 is 2.27 bits per heavy atom. The molecule has 0 fully saturated rings. The first-order valence-corrected chi connectivity index (χ1v) is 6.49. The number of carbonyl (C=O) groups is 3. The van der Waals surface area contributed by atoms with E-state index in [0.29, 0.717) is 11.4 Å². The van der Waals surface area contributed by atoms with E-state index in [4.69, 9.17) is 5.73 Å². The van der Waals surface area contributed by atoms with Gasteiger partial charge >= 0.3 is 5.97 Å². The summed E-state index contributed by atoms with van der Waals surface area (Å²) < 4.78 is 4.62. The van der Waals surface area contributed by atoms with E-state index >= 15 is 0 Å². The largest absolute Gasteiger partial charge is 0.465 e. The fourth-order valence-corrected chi connectivity index (χ4v) is 2.34. The first-order valence-electron chi connectivity index (χ1n) is 6.49. The van der Waals surface area contributed by atoms with Gasteiger partial charge in [0.25, 0.3) is 11.8 Å². The van der Waals surface area contributed by atoms with E-state index in [0.717, 1.165) is 4.90 Å². The average molecular weight is 296 g/mol. The zero-order valence-corrected chi connectivity index (χ0v) is 11.7. The highest BCUT2D eigenvalue weighted by atomic mass is 16.5. The number of esters is 1. The Bertz CT molecular complexity index is 796. The SMILES string of the molecule is COC(=O)c1ccc2c(c1)C(=O)N(c1ccc(N)cc1)C2=O. The first kappa shape index (κ1) is 13.8. The van der Waals surface area contributed by atoms with Gasteiger partial charge in [0.1, 0.15) is 0 Å². The molecule has 22 heavy (non-hydrogen) atoms. The number of nitrogen functional groups attached to an aromatic ring is 1. The predicted molar refractivity (Wildman–Crippen MR) is 79.8 cm³/mol. The maximum absolute atomic E-state index is 12.5. The topological polar surface area (TPSA) is 89.7 Å². The number of imide groups is 1. The number of methoxy groups -OCH3 is 1. The number of rotatable bonds is 2. The van der Waals surface area contributed by atoms with Crippen LogP contribution in [0.25, 0.3) is 0 Å². The molecule has 2 amide bonds. The predicted octanol–water partition coefficient (Wildman–Crippen LogP) is 1.86. The lowest BCUT2D eigenvalue weighted by atomic mass is 10.1.